The molecule has 0 spiro atoms. The van der Waals surface area contributed by atoms with Crippen molar-refractivity contribution in [2.45, 2.75) is 209 Å². The van der Waals surface area contributed by atoms with Crippen LogP contribution in [0.5, 0.6) is 0 Å². The van der Waals surface area contributed by atoms with Crippen molar-refractivity contribution in [3.05, 3.63) is 279 Å². The van der Waals surface area contributed by atoms with Gasteiger partial charge in [-0.05, 0) is 151 Å². The molecule has 8 aromatic carbocycles. The molecule has 12 aromatic rings. The summed E-state index contributed by atoms with van der Waals surface area (Å²) in [6.07, 6.45) is 0. The molecule has 4 heteroatoms. The molecule has 0 amide bonds. The standard InChI is InChI=1S/C99H110N4/c1-92(2,3)68-41-25-60(26-42-68)82-76-57-77-83(61-27-43-69(44-28-61)93(4,5)6)85(63-31-47-71(48-32-63)95(10,11)12)79(101-77)59-81-87(65-35-51-73(52-36-65)97(16,17)18)89(67-39-55-75(56-40-67)99(22,23)24)91(103-81)90-88(66-37-53-74(54-38-66)98(19,20)21)86(64-33-49-72(50-34-64)96(13,14)15)80(102-90)58-78(100-76)84(82)62-29-45-70(46-30-62)94(7,8)9/h25-59,100-102H,1-24H3. The monoisotopic (exact) mass is 1350 g/mol. The van der Waals surface area contributed by atoms with Crippen molar-refractivity contribution in [2.75, 3.05) is 0 Å². The molecule has 103 heavy (non-hydrogen) atoms. The van der Waals surface area contributed by atoms with Gasteiger partial charge in [-0.25, -0.2) is 4.98 Å². The molecule has 1 aliphatic heterocycles. The van der Waals surface area contributed by atoms with Gasteiger partial charge in [0.1, 0.15) is 0 Å². The molecule has 4 nitrogen and oxygen atoms in total. The second-order valence-electron chi connectivity index (χ2n) is 37.7. The maximum absolute atomic E-state index is 6.29. The van der Waals surface area contributed by atoms with Gasteiger partial charge in [0.25, 0.3) is 0 Å². The smallest absolute Gasteiger partial charge is 0.0963 e. The van der Waals surface area contributed by atoms with Crippen molar-refractivity contribution < 1.29 is 0 Å². The lowest BCUT2D eigenvalue weighted by atomic mass is 9.83. The van der Waals surface area contributed by atoms with Gasteiger partial charge in [-0.3, -0.25) is 0 Å². The SMILES string of the molecule is CC(C)(C)c1ccc(C2=C(c3ccc(C(C)(C)C)cc3)c3nc2cc2[nH]c(cc4[nH]c(cc5[nH]c3c(-c3ccc(C(C)(C)C)cc3)c5-c3ccc(C(C)(C)C)cc3)c(-c3ccc(C(C)(C)C)cc3)c4-c3ccc(C(C)(C)C)cc3)c(-c3ccc(C(C)(C)C)cc3)c2-c2ccc(C(C)(C)C)cc2)cc1. The van der Waals surface area contributed by atoms with Crippen molar-refractivity contribution in [1.29, 1.82) is 0 Å². The normalized spacial score (nSPS) is 13.4. The summed E-state index contributed by atoms with van der Waals surface area (Å²) >= 11 is 0. The molecule has 3 N–H and O–H groups in total. The second kappa shape index (κ2) is 25.7. The highest BCUT2D eigenvalue weighted by atomic mass is 14.8. The molecule has 8 bridgehead atoms. The van der Waals surface area contributed by atoms with E-state index in [0.29, 0.717) is 0 Å². The van der Waals surface area contributed by atoms with E-state index in [0.717, 1.165) is 134 Å². The van der Waals surface area contributed by atoms with E-state index in [1.807, 2.05) is 0 Å². The Kier molecular flexibility index (Phi) is 17.9. The zero-order valence-electron chi connectivity index (χ0n) is 66.2. The number of hydrogen-bond donors (Lipinski definition) is 3. The van der Waals surface area contributed by atoms with Gasteiger partial charge in [0.15, 0.2) is 0 Å². The molecule has 13 rings (SSSR count). The van der Waals surface area contributed by atoms with E-state index >= 15 is 0 Å². The predicted molar refractivity (Wildman–Crippen MR) is 446 cm³/mol. The van der Waals surface area contributed by atoms with E-state index in [1.165, 1.54) is 44.5 Å². The van der Waals surface area contributed by atoms with Crippen molar-refractivity contribution >= 4 is 44.2 Å². The molecule has 0 aliphatic carbocycles. The summed E-state index contributed by atoms with van der Waals surface area (Å²) in [5.41, 5.74) is 34.9. The van der Waals surface area contributed by atoms with Crippen LogP contribution in [0.2, 0.25) is 0 Å². The number of aromatic nitrogens is 4. The van der Waals surface area contributed by atoms with Gasteiger partial charge in [0.05, 0.1) is 16.9 Å². The molecule has 0 radical (unpaired) electrons. The fourth-order valence-corrected chi connectivity index (χ4v) is 15.0. The summed E-state index contributed by atoms with van der Waals surface area (Å²) in [5, 5.41) is 0. The highest BCUT2D eigenvalue weighted by Crippen LogP contribution is 2.51. The van der Waals surface area contributed by atoms with E-state index in [2.05, 4.69) is 393 Å². The molecule has 0 unspecified atom stereocenters. The maximum Gasteiger partial charge on any atom is 0.0963 e. The Morgan fingerprint density at radius 2 is 0.379 bits per heavy atom. The predicted octanol–water partition coefficient (Wildman–Crippen LogP) is 27.9. The molecular weight excluding hydrogens is 1250 g/mol. The largest absolute Gasteiger partial charge is 0.354 e. The lowest BCUT2D eigenvalue weighted by Gasteiger charge is -2.21. The van der Waals surface area contributed by atoms with Crippen molar-refractivity contribution in [3.8, 4) is 66.8 Å². The first-order valence-electron chi connectivity index (χ1n) is 37.5. The zero-order valence-corrected chi connectivity index (χ0v) is 66.2. The average Bonchev–Trinajstić information content (AvgIpc) is 1.57. The molecule has 0 saturated carbocycles. The van der Waals surface area contributed by atoms with Crippen LogP contribution in [0.4, 0.5) is 0 Å². The summed E-state index contributed by atoms with van der Waals surface area (Å²) in [4.78, 5) is 19.3. The Balaban J connectivity index is 1.33. The van der Waals surface area contributed by atoms with E-state index in [9.17, 15) is 0 Å². The minimum atomic E-state index is -0.0787. The van der Waals surface area contributed by atoms with Gasteiger partial charge in [-0.2, -0.15) is 0 Å². The Hall–Kier alpha value is -9.51. The van der Waals surface area contributed by atoms with Crippen molar-refractivity contribution in [2.24, 2.45) is 0 Å². The summed E-state index contributed by atoms with van der Waals surface area (Å²) in [5.74, 6) is 0. The van der Waals surface area contributed by atoms with Crippen LogP contribution in [0.1, 0.15) is 233 Å². The highest BCUT2D eigenvalue weighted by molar-refractivity contribution is 6.15. The summed E-state index contributed by atoms with van der Waals surface area (Å²) in [6, 6.07) is 82.4. The number of rotatable bonds is 8. The maximum atomic E-state index is 6.29. The van der Waals surface area contributed by atoms with Gasteiger partial charge in [0, 0.05) is 72.1 Å². The van der Waals surface area contributed by atoms with Gasteiger partial charge in [-0.15, -0.1) is 0 Å². The van der Waals surface area contributed by atoms with Crippen LogP contribution in [-0.2, 0) is 43.3 Å². The van der Waals surface area contributed by atoms with Crippen LogP contribution in [0.3, 0.4) is 0 Å². The Morgan fingerprint density at radius 3 is 0.612 bits per heavy atom. The fraction of sp³-hybridized carbons (Fsp3) is 0.323. The molecular formula is C99H110N4. The minimum Gasteiger partial charge on any atom is -0.354 e. The number of fused-ring (bicyclic) bond motifs is 9. The van der Waals surface area contributed by atoms with Crippen LogP contribution in [0, 0.1) is 0 Å². The van der Waals surface area contributed by atoms with Gasteiger partial charge >= 0.3 is 0 Å². The summed E-state index contributed by atoms with van der Waals surface area (Å²) in [7, 11) is 0. The van der Waals surface area contributed by atoms with Crippen LogP contribution in [0.25, 0.3) is 111 Å². The Labute approximate surface area is 616 Å². The Bertz CT molecular complexity index is 5310. The Morgan fingerprint density at radius 1 is 0.194 bits per heavy atom. The van der Waals surface area contributed by atoms with E-state index in [-0.39, 0.29) is 43.3 Å². The number of benzene rings is 8. The molecule has 4 aromatic heterocycles. The van der Waals surface area contributed by atoms with E-state index in [4.69, 9.17) is 4.98 Å². The molecule has 1 aliphatic rings. The van der Waals surface area contributed by atoms with Gasteiger partial charge in [0.2, 0.25) is 0 Å². The first-order chi connectivity index (χ1) is 48.1. The third kappa shape index (κ3) is 14.3. The van der Waals surface area contributed by atoms with Crippen LogP contribution >= 0.6 is 0 Å². The second-order valence-corrected chi connectivity index (χ2v) is 37.7. The number of nitrogens with one attached hydrogen (secondary N) is 3. The number of nitrogens with zero attached hydrogens (tertiary/aromatic N) is 1. The number of aromatic amines is 3. The average molecular weight is 1360 g/mol. The van der Waals surface area contributed by atoms with Crippen molar-refractivity contribution in [3.63, 3.8) is 0 Å². The zero-order chi connectivity index (χ0) is 74.1. The first-order valence-corrected chi connectivity index (χ1v) is 37.5. The third-order valence-corrected chi connectivity index (χ3v) is 21.5. The molecule has 526 valence electrons. The molecule has 0 saturated heterocycles. The number of H-pyrrole nitrogens is 3. The van der Waals surface area contributed by atoms with E-state index < -0.39 is 0 Å². The fourth-order valence-electron chi connectivity index (χ4n) is 15.0. The quantitative estimate of drug-likeness (QED) is 0.139. The van der Waals surface area contributed by atoms with Gasteiger partial charge < -0.3 is 15.0 Å². The lowest BCUT2D eigenvalue weighted by Crippen LogP contribution is -2.11. The van der Waals surface area contributed by atoms with Crippen LogP contribution < -0.4 is 0 Å². The van der Waals surface area contributed by atoms with E-state index in [1.54, 1.807) is 0 Å². The molecule has 5 heterocycles. The third-order valence-electron chi connectivity index (χ3n) is 21.5. The van der Waals surface area contributed by atoms with Gasteiger partial charge in [-0.1, -0.05) is 360 Å². The van der Waals surface area contributed by atoms with Crippen molar-refractivity contribution in [1.82, 2.24) is 19.9 Å². The molecule has 0 atom stereocenters. The highest BCUT2D eigenvalue weighted by Gasteiger charge is 2.32. The summed E-state index contributed by atoms with van der Waals surface area (Å²) < 4.78 is 0. The summed E-state index contributed by atoms with van der Waals surface area (Å²) in [6.45, 7) is 55.3. The van der Waals surface area contributed by atoms with Crippen LogP contribution in [0.15, 0.2) is 212 Å². The lowest BCUT2D eigenvalue weighted by molar-refractivity contribution is 0.590. The first kappa shape index (κ1) is 71.9. The topological polar surface area (TPSA) is 60.3 Å². The minimum absolute atomic E-state index is 0.0586. The number of hydrogen-bond acceptors (Lipinski definition) is 1. The van der Waals surface area contributed by atoms with Crippen LogP contribution in [-0.4, -0.2) is 19.9 Å². The molecule has 0 fully saturated rings.